The molecule has 18 heavy (non-hydrogen) atoms. The molecule has 1 aromatic rings. The first-order valence-corrected chi connectivity index (χ1v) is 6.72. The predicted octanol–water partition coefficient (Wildman–Crippen LogP) is 3.96. The average molecular weight is 241 g/mol. The number of rotatable bonds is 3. The minimum Gasteiger partial charge on any atom is -0.294 e. The van der Waals surface area contributed by atoms with Gasteiger partial charge in [-0.05, 0) is 36.8 Å². The molecule has 0 aliphatic heterocycles. The molecule has 94 valence electrons. The third-order valence-electron chi connectivity index (χ3n) is 3.92. The largest absolute Gasteiger partial charge is 0.294 e. The first-order valence-electron chi connectivity index (χ1n) is 6.72. The van der Waals surface area contributed by atoms with Gasteiger partial charge in [-0.2, -0.15) is 5.26 Å². The zero-order valence-electron chi connectivity index (χ0n) is 10.9. The molecule has 0 spiro atoms. The molecule has 0 heterocycles. The summed E-state index contributed by atoms with van der Waals surface area (Å²) >= 11 is 0. The Bertz CT molecular complexity index is 464. The zero-order valence-corrected chi connectivity index (χ0v) is 10.9. The molecule has 1 aliphatic carbocycles. The number of nitriles is 1. The number of carbonyl (C=O) groups is 1. The van der Waals surface area contributed by atoms with Crippen LogP contribution < -0.4 is 0 Å². The van der Waals surface area contributed by atoms with E-state index in [2.05, 4.69) is 13.0 Å². The number of hydrogen-bond donors (Lipinski definition) is 0. The molecule has 0 amide bonds. The lowest BCUT2D eigenvalue weighted by molar-refractivity contribution is 0.0944. The van der Waals surface area contributed by atoms with E-state index < -0.39 is 0 Å². The van der Waals surface area contributed by atoms with Crippen molar-refractivity contribution in [2.45, 2.75) is 39.0 Å². The molecular weight excluding hydrogens is 222 g/mol. The van der Waals surface area contributed by atoms with Gasteiger partial charge in [-0.15, -0.1) is 0 Å². The molecule has 0 aromatic heterocycles. The van der Waals surface area contributed by atoms with Gasteiger partial charge in [0.05, 0.1) is 11.6 Å². The number of nitrogens with zero attached hydrogens (tertiary/aromatic N) is 1. The lowest BCUT2D eigenvalue weighted by atomic mass is 9.80. The molecule has 0 unspecified atom stereocenters. The molecule has 1 aliphatic rings. The van der Waals surface area contributed by atoms with Gasteiger partial charge in [-0.25, -0.2) is 0 Å². The number of Topliss-reactive ketones (excluding diaryl/α,β-unsaturated/α-hetero) is 1. The molecule has 2 nitrogen and oxygen atoms in total. The van der Waals surface area contributed by atoms with Crippen LogP contribution in [0.15, 0.2) is 24.3 Å². The fourth-order valence-electron chi connectivity index (χ4n) is 2.68. The van der Waals surface area contributed by atoms with Gasteiger partial charge in [0.2, 0.25) is 0 Å². The fourth-order valence-corrected chi connectivity index (χ4v) is 2.68. The normalized spacial score (nSPS) is 23.3. The number of benzene rings is 1. The standard InChI is InChI=1S/C16H19NO/c1-12-5-7-13(8-6-12)10-16(18)15-4-2-3-14(9-15)11-17/h2-4,9,12-13H,5-8,10H2,1H3. The van der Waals surface area contributed by atoms with Crippen molar-refractivity contribution in [1.29, 1.82) is 5.26 Å². The molecule has 2 rings (SSSR count). The second-order valence-corrected chi connectivity index (χ2v) is 5.45. The summed E-state index contributed by atoms with van der Waals surface area (Å²) in [6.45, 7) is 2.29. The van der Waals surface area contributed by atoms with Crippen LogP contribution in [-0.4, -0.2) is 5.78 Å². The minimum absolute atomic E-state index is 0.187. The van der Waals surface area contributed by atoms with Crippen LogP contribution in [0.3, 0.4) is 0 Å². The van der Waals surface area contributed by atoms with Crippen molar-refractivity contribution in [2.24, 2.45) is 11.8 Å². The van der Waals surface area contributed by atoms with E-state index in [4.69, 9.17) is 5.26 Å². The van der Waals surface area contributed by atoms with Crippen LogP contribution in [0.2, 0.25) is 0 Å². The minimum atomic E-state index is 0.187. The van der Waals surface area contributed by atoms with Crippen LogP contribution in [0.4, 0.5) is 0 Å². The van der Waals surface area contributed by atoms with Crippen LogP contribution in [0.25, 0.3) is 0 Å². The Hall–Kier alpha value is -1.62. The highest BCUT2D eigenvalue weighted by atomic mass is 16.1. The van der Waals surface area contributed by atoms with E-state index in [0.717, 1.165) is 5.92 Å². The van der Waals surface area contributed by atoms with E-state index in [1.807, 2.05) is 6.07 Å². The molecule has 1 aromatic carbocycles. The summed E-state index contributed by atoms with van der Waals surface area (Å²) in [6.07, 6.45) is 5.48. The van der Waals surface area contributed by atoms with Gasteiger partial charge in [0.1, 0.15) is 0 Å². The van der Waals surface area contributed by atoms with Crippen molar-refractivity contribution in [2.75, 3.05) is 0 Å². The summed E-state index contributed by atoms with van der Waals surface area (Å²) in [5, 5.41) is 8.83. The highest BCUT2D eigenvalue weighted by molar-refractivity contribution is 5.96. The third kappa shape index (κ3) is 3.20. The van der Waals surface area contributed by atoms with Crippen LogP contribution in [-0.2, 0) is 0 Å². The Labute approximate surface area is 109 Å². The number of ketones is 1. The van der Waals surface area contributed by atoms with Gasteiger partial charge >= 0.3 is 0 Å². The number of hydrogen-bond acceptors (Lipinski definition) is 2. The first-order chi connectivity index (χ1) is 8.69. The van der Waals surface area contributed by atoms with E-state index in [1.165, 1.54) is 25.7 Å². The van der Waals surface area contributed by atoms with Gasteiger partial charge in [0.25, 0.3) is 0 Å². The van der Waals surface area contributed by atoms with Crippen molar-refractivity contribution in [3.8, 4) is 6.07 Å². The Balaban J connectivity index is 1.97. The van der Waals surface area contributed by atoms with Crippen LogP contribution in [0.1, 0.15) is 54.9 Å². The summed E-state index contributed by atoms with van der Waals surface area (Å²) in [5.74, 6) is 1.55. The van der Waals surface area contributed by atoms with Gasteiger partial charge in [-0.3, -0.25) is 4.79 Å². The lowest BCUT2D eigenvalue weighted by Crippen LogP contribution is -2.16. The lowest BCUT2D eigenvalue weighted by Gasteiger charge is -2.25. The molecule has 0 saturated heterocycles. The third-order valence-corrected chi connectivity index (χ3v) is 3.92. The molecule has 0 radical (unpaired) electrons. The maximum atomic E-state index is 12.2. The summed E-state index contributed by atoms with van der Waals surface area (Å²) in [6, 6.07) is 9.12. The van der Waals surface area contributed by atoms with Crippen molar-refractivity contribution in [1.82, 2.24) is 0 Å². The molecule has 0 atom stereocenters. The topological polar surface area (TPSA) is 40.9 Å². The zero-order chi connectivity index (χ0) is 13.0. The summed E-state index contributed by atoms with van der Waals surface area (Å²) in [4.78, 5) is 12.2. The predicted molar refractivity (Wildman–Crippen MR) is 71.2 cm³/mol. The van der Waals surface area contributed by atoms with Crippen LogP contribution >= 0.6 is 0 Å². The smallest absolute Gasteiger partial charge is 0.163 e. The quantitative estimate of drug-likeness (QED) is 0.751. The maximum absolute atomic E-state index is 12.2. The second kappa shape index (κ2) is 5.82. The van der Waals surface area contributed by atoms with Gasteiger partial charge in [0.15, 0.2) is 5.78 Å². The molecule has 1 saturated carbocycles. The van der Waals surface area contributed by atoms with Crippen molar-refractivity contribution in [3.63, 3.8) is 0 Å². The van der Waals surface area contributed by atoms with E-state index in [0.29, 0.717) is 23.5 Å². The summed E-state index contributed by atoms with van der Waals surface area (Å²) < 4.78 is 0. The van der Waals surface area contributed by atoms with Crippen molar-refractivity contribution < 1.29 is 4.79 Å². The Morgan fingerprint density at radius 1 is 1.33 bits per heavy atom. The summed E-state index contributed by atoms with van der Waals surface area (Å²) in [7, 11) is 0. The Morgan fingerprint density at radius 3 is 2.72 bits per heavy atom. The molecule has 0 bridgehead atoms. The molecular formula is C16H19NO. The fraction of sp³-hybridized carbons (Fsp3) is 0.500. The van der Waals surface area contributed by atoms with E-state index in [1.54, 1.807) is 18.2 Å². The Morgan fingerprint density at radius 2 is 2.06 bits per heavy atom. The van der Waals surface area contributed by atoms with Crippen LogP contribution in [0.5, 0.6) is 0 Å². The first kappa shape index (κ1) is 12.8. The molecule has 0 N–H and O–H groups in total. The van der Waals surface area contributed by atoms with Gasteiger partial charge in [-0.1, -0.05) is 31.9 Å². The Kier molecular flexibility index (Phi) is 4.15. The van der Waals surface area contributed by atoms with Crippen molar-refractivity contribution in [3.05, 3.63) is 35.4 Å². The molecule has 1 fully saturated rings. The number of carbonyl (C=O) groups excluding carboxylic acids is 1. The monoisotopic (exact) mass is 241 g/mol. The van der Waals surface area contributed by atoms with Crippen molar-refractivity contribution >= 4 is 5.78 Å². The maximum Gasteiger partial charge on any atom is 0.163 e. The highest BCUT2D eigenvalue weighted by Gasteiger charge is 2.21. The second-order valence-electron chi connectivity index (χ2n) is 5.45. The van der Waals surface area contributed by atoms with Gasteiger partial charge < -0.3 is 0 Å². The van der Waals surface area contributed by atoms with Crippen LogP contribution in [0, 0.1) is 23.2 Å². The highest BCUT2D eigenvalue weighted by Crippen LogP contribution is 2.31. The molecule has 2 heteroatoms. The van der Waals surface area contributed by atoms with Gasteiger partial charge in [0, 0.05) is 12.0 Å². The average Bonchev–Trinajstić information content (AvgIpc) is 2.41. The summed E-state index contributed by atoms with van der Waals surface area (Å²) in [5.41, 5.74) is 1.26. The van der Waals surface area contributed by atoms with E-state index in [-0.39, 0.29) is 5.78 Å². The van der Waals surface area contributed by atoms with E-state index in [9.17, 15) is 4.79 Å². The van der Waals surface area contributed by atoms with E-state index >= 15 is 0 Å². The SMILES string of the molecule is CC1CCC(CC(=O)c2cccc(C#N)c2)CC1.